The third-order valence-corrected chi connectivity index (χ3v) is 6.33. The Morgan fingerprint density at radius 1 is 1.25 bits per heavy atom. The molecule has 5 nitrogen and oxygen atoms in total. The Morgan fingerprint density at radius 2 is 2.04 bits per heavy atom. The number of carbonyl (C=O) groups is 2. The standard InChI is InChI=1S/C22H28N2O3S/c1-5-10-24-11-9-16-18(13-24)28-21(19(16)22(26)27-6-2)23-20(25)17-12-14(3)7-8-15(17)4/h7-8,12H,5-6,9-11,13H2,1-4H3,(H,23,25)/p+1. The Hall–Kier alpha value is -2.18. The highest BCUT2D eigenvalue weighted by atomic mass is 32.1. The van der Waals surface area contributed by atoms with Crippen molar-refractivity contribution in [2.24, 2.45) is 0 Å². The van der Waals surface area contributed by atoms with Crippen LogP contribution in [0.3, 0.4) is 0 Å². The largest absolute Gasteiger partial charge is 0.462 e. The Labute approximate surface area is 170 Å². The third kappa shape index (κ3) is 4.28. The van der Waals surface area contributed by atoms with Crippen LogP contribution in [0.15, 0.2) is 18.2 Å². The summed E-state index contributed by atoms with van der Waals surface area (Å²) in [6.07, 6.45) is 1.98. The lowest BCUT2D eigenvalue weighted by Gasteiger charge is -2.23. The molecule has 2 aromatic rings. The number of hydrogen-bond donors (Lipinski definition) is 2. The summed E-state index contributed by atoms with van der Waals surface area (Å²) in [5, 5.41) is 3.63. The number of anilines is 1. The number of fused-ring (bicyclic) bond motifs is 1. The fourth-order valence-electron chi connectivity index (χ4n) is 3.76. The van der Waals surface area contributed by atoms with E-state index >= 15 is 0 Å². The van der Waals surface area contributed by atoms with E-state index in [0.29, 0.717) is 22.7 Å². The molecule has 2 N–H and O–H groups in total. The number of esters is 1. The summed E-state index contributed by atoms with van der Waals surface area (Å²) < 4.78 is 5.31. The third-order valence-electron chi connectivity index (χ3n) is 5.18. The number of rotatable bonds is 6. The van der Waals surface area contributed by atoms with E-state index in [1.807, 2.05) is 32.0 Å². The van der Waals surface area contributed by atoms with Gasteiger partial charge in [-0.1, -0.05) is 24.6 Å². The molecular formula is C22H29N2O3S+. The molecule has 1 aromatic carbocycles. The van der Waals surface area contributed by atoms with E-state index in [1.54, 1.807) is 6.92 Å². The minimum Gasteiger partial charge on any atom is -0.462 e. The molecule has 1 aromatic heterocycles. The first-order valence-corrected chi connectivity index (χ1v) is 10.8. The molecular weight excluding hydrogens is 372 g/mol. The number of amides is 1. The predicted octanol–water partition coefficient (Wildman–Crippen LogP) is 3.14. The minimum absolute atomic E-state index is 0.178. The van der Waals surface area contributed by atoms with Crippen LogP contribution in [0.4, 0.5) is 5.00 Å². The van der Waals surface area contributed by atoms with Gasteiger partial charge in [0.15, 0.2) is 0 Å². The van der Waals surface area contributed by atoms with Gasteiger partial charge >= 0.3 is 5.97 Å². The fraction of sp³-hybridized carbons (Fsp3) is 0.455. The van der Waals surface area contributed by atoms with Crippen LogP contribution in [0.1, 0.15) is 62.6 Å². The molecule has 3 rings (SSSR count). The SMILES string of the molecule is CCC[NH+]1CCc2c(sc(NC(=O)c3cc(C)ccc3C)c2C(=O)OCC)C1. The van der Waals surface area contributed by atoms with Gasteiger partial charge in [-0.2, -0.15) is 0 Å². The van der Waals surface area contributed by atoms with E-state index in [4.69, 9.17) is 4.74 Å². The molecule has 1 aliphatic heterocycles. The van der Waals surface area contributed by atoms with Gasteiger partial charge in [0.1, 0.15) is 11.5 Å². The minimum atomic E-state index is -0.338. The molecule has 1 aliphatic rings. The highest BCUT2D eigenvalue weighted by Crippen LogP contribution is 2.35. The first-order chi connectivity index (χ1) is 13.4. The number of carbonyl (C=O) groups excluding carboxylic acids is 2. The van der Waals surface area contributed by atoms with E-state index < -0.39 is 0 Å². The molecule has 150 valence electrons. The van der Waals surface area contributed by atoms with Gasteiger partial charge in [0, 0.05) is 12.0 Å². The zero-order valence-corrected chi connectivity index (χ0v) is 17.9. The van der Waals surface area contributed by atoms with Gasteiger partial charge in [0.25, 0.3) is 5.91 Å². The van der Waals surface area contributed by atoms with Crippen molar-refractivity contribution in [3.63, 3.8) is 0 Å². The zero-order valence-electron chi connectivity index (χ0n) is 17.1. The van der Waals surface area contributed by atoms with Crippen LogP contribution in [0.5, 0.6) is 0 Å². The normalized spacial score (nSPS) is 15.8. The summed E-state index contributed by atoms with van der Waals surface area (Å²) in [5.74, 6) is -0.515. The second-order valence-corrected chi connectivity index (χ2v) is 8.48. The molecule has 0 spiro atoms. The first-order valence-electron chi connectivity index (χ1n) is 9.98. The molecule has 0 fully saturated rings. The van der Waals surface area contributed by atoms with Crippen LogP contribution in [-0.2, 0) is 17.7 Å². The Balaban J connectivity index is 1.94. The van der Waals surface area contributed by atoms with E-state index in [0.717, 1.165) is 49.2 Å². The van der Waals surface area contributed by atoms with Gasteiger partial charge in [-0.3, -0.25) is 4.79 Å². The first kappa shape index (κ1) is 20.6. The highest BCUT2D eigenvalue weighted by molar-refractivity contribution is 7.17. The quantitative estimate of drug-likeness (QED) is 0.731. The van der Waals surface area contributed by atoms with E-state index in [9.17, 15) is 9.59 Å². The summed E-state index contributed by atoms with van der Waals surface area (Å²) in [6.45, 7) is 11.2. The lowest BCUT2D eigenvalue weighted by molar-refractivity contribution is -0.915. The summed E-state index contributed by atoms with van der Waals surface area (Å²) >= 11 is 1.53. The van der Waals surface area contributed by atoms with Crippen molar-refractivity contribution >= 4 is 28.2 Å². The number of hydrogen-bond acceptors (Lipinski definition) is 4. The summed E-state index contributed by atoms with van der Waals surface area (Å²) in [7, 11) is 0. The Kier molecular flexibility index (Phi) is 6.52. The monoisotopic (exact) mass is 401 g/mol. The van der Waals surface area contributed by atoms with Crippen molar-refractivity contribution in [3.05, 3.63) is 50.9 Å². The fourth-order valence-corrected chi connectivity index (χ4v) is 5.06. The molecule has 0 bridgehead atoms. The van der Waals surface area contributed by atoms with Crippen LogP contribution in [-0.4, -0.2) is 31.6 Å². The summed E-state index contributed by atoms with van der Waals surface area (Å²) in [4.78, 5) is 28.3. The van der Waals surface area contributed by atoms with E-state index in [-0.39, 0.29) is 11.9 Å². The molecule has 1 amide bonds. The molecule has 28 heavy (non-hydrogen) atoms. The molecule has 0 saturated heterocycles. The van der Waals surface area contributed by atoms with Crippen molar-refractivity contribution in [1.82, 2.24) is 0 Å². The lowest BCUT2D eigenvalue weighted by atomic mass is 10.0. The van der Waals surface area contributed by atoms with Crippen LogP contribution in [0.25, 0.3) is 0 Å². The zero-order chi connectivity index (χ0) is 20.3. The molecule has 1 unspecified atom stereocenters. The van der Waals surface area contributed by atoms with Gasteiger partial charge in [-0.25, -0.2) is 4.79 Å². The maximum absolute atomic E-state index is 12.9. The van der Waals surface area contributed by atoms with Gasteiger partial charge in [-0.05, 0) is 44.4 Å². The van der Waals surface area contributed by atoms with Crippen molar-refractivity contribution in [2.75, 3.05) is 25.0 Å². The summed E-state index contributed by atoms with van der Waals surface area (Å²) in [5.41, 5.74) is 4.20. The Bertz CT molecular complexity index is 888. The number of quaternary nitrogens is 1. The maximum atomic E-state index is 12.9. The number of aryl methyl sites for hydroxylation is 2. The smallest absolute Gasteiger partial charge is 0.341 e. The lowest BCUT2D eigenvalue weighted by Crippen LogP contribution is -3.11. The molecule has 0 aliphatic carbocycles. The second-order valence-electron chi connectivity index (χ2n) is 7.38. The predicted molar refractivity (Wildman–Crippen MR) is 113 cm³/mol. The van der Waals surface area contributed by atoms with Crippen LogP contribution in [0, 0.1) is 13.8 Å². The van der Waals surface area contributed by atoms with Gasteiger partial charge in [0.05, 0.1) is 30.1 Å². The average molecular weight is 402 g/mol. The van der Waals surface area contributed by atoms with Crippen molar-refractivity contribution in [1.29, 1.82) is 0 Å². The Morgan fingerprint density at radius 3 is 2.75 bits per heavy atom. The van der Waals surface area contributed by atoms with Crippen LogP contribution < -0.4 is 10.2 Å². The average Bonchev–Trinajstić information content (AvgIpc) is 3.01. The van der Waals surface area contributed by atoms with Gasteiger partial charge in [0.2, 0.25) is 0 Å². The van der Waals surface area contributed by atoms with Crippen molar-refractivity contribution < 1.29 is 19.2 Å². The number of benzene rings is 1. The number of ether oxygens (including phenoxy) is 1. The topological polar surface area (TPSA) is 59.8 Å². The molecule has 6 heteroatoms. The maximum Gasteiger partial charge on any atom is 0.341 e. The highest BCUT2D eigenvalue weighted by Gasteiger charge is 2.31. The molecule has 1 atom stereocenters. The van der Waals surface area contributed by atoms with Gasteiger partial charge < -0.3 is 15.0 Å². The number of thiophene rings is 1. The van der Waals surface area contributed by atoms with E-state index in [1.165, 1.54) is 21.1 Å². The van der Waals surface area contributed by atoms with Crippen LogP contribution in [0.2, 0.25) is 0 Å². The van der Waals surface area contributed by atoms with Gasteiger partial charge in [-0.15, -0.1) is 11.3 Å². The van der Waals surface area contributed by atoms with Crippen molar-refractivity contribution in [2.45, 2.75) is 47.1 Å². The van der Waals surface area contributed by atoms with Crippen LogP contribution >= 0.6 is 11.3 Å². The van der Waals surface area contributed by atoms with Crippen molar-refractivity contribution in [3.8, 4) is 0 Å². The molecule has 0 radical (unpaired) electrons. The number of nitrogens with one attached hydrogen (secondary N) is 2. The molecule has 0 saturated carbocycles. The molecule has 2 heterocycles. The second kappa shape index (κ2) is 8.88. The van der Waals surface area contributed by atoms with E-state index in [2.05, 4.69) is 12.2 Å². The summed E-state index contributed by atoms with van der Waals surface area (Å²) in [6, 6.07) is 5.82.